The average Bonchev–Trinajstić information content (AvgIpc) is 3.27. The molecule has 0 amide bonds. The zero-order valence-electron chi connectivity index (χ0n) is 16.4. The van der Waals surface area contributed by atoms with Gasteiger partial charge in [0.25, 0.3) is 0 Å². The molecule has 2 aliphatic carbocycles. The molecule has 0 aromatic heterocycles. The van der Waals surface area contributed by atoms with Crippen LogP contribution in [-0.2, 0) is 9.84 Å². The number of halogens is 1. The van der Waals surface area contributed by atoms with E-state index < -0.39 is 9.84 Å². The van der Waals surface area contributed by atoms with Crippen molar-refractivity contribution in [1.29, 1.82) is 0 Å². The molecule has 0 spiro atoms. The number of rotatable bonds is 5. The van der Waals surface area contributed by atoms with Crippen LogP contribution in [0.3, 0.4) is 0 Å². The van der Waals surface area contributed by atoms with Gasteiger partial charge in [-0.1, -0.05) is 19.3 Å². The van der Waals surface area contributed by atoms with E-state index in [1.165, 1.54) is 51.4 Å². The molecule has 2 unspecified atom stereocenters. The summed E-state index contributed by atoms with van der Waals surface area (Å²) in [7, 11) is -2.81. The van der Waals surface area contributed by atoms with Crippen LogP contribution in [0.5, 0.6) is 0 Å². The van der Waals surface area contributed by atoms with Crippen molar-refractivity contribution in [3.8, 4) is 0 Å². The second kappa shape index (κ2) is 9.63. The molecule has 2 heterocycles. The van der Waals surface area contributed by atoms with Gasteiger partial charge in [-0.25, -0.2) is 8.42 Å². The van der Waals surface area contributed by atoms with Crippen molar-refractivity contribution in [3.05, 3.63) is 0 Å². The molecule has 2 saturated carbocycles. The molecule has 4 aliphatic rings. The van der Waals surface area contributed by atoms with E-state index in [9.17, 15) is 8.42 Å². The first kappa shape index (κ1) is 21.7. The fraction of sp³-hybridized carbons (Fsp3) is 0.950. The van der Waals surface area contributed by atoms with Crippen molar-refractivity contribution >= 4 is 39.8 Å². The van der Waals surface area contributed by atoms with Crippen molar-refractivity contribution in [2.75, 3.05) is 37.7 Å². The largest absolute Gasteiger partial charge is 0.356 e. The van der Waals surface area contributed by atoms with Gasteiger partial charge in [0.1, 0.15) is 0 Å². The fourth-order valence-electron chi connectivity index (χ4n) is 5.06. The van der Waals surface area contributed by atoms with E-state index in [4.69, 9.17) is 4.99 Å². The zero-order valence-corrected chi connectivity index (χ0v) is 19.6. The number of aliphatic imine (C=N–C) groups is 1. The minimum absolute atomic E-state index is 0. The van der Waals surface area contributed by atoms with Crippen LogP contribution in [-0.4, -0.2) is 57.0 Å². The lowest BCUT2D eigenvalue weighted by Gasteiger charge is -2.27. The molecule has 2 aliphatic heterocycles. The summed E-state index contributed by atoms with van der Waals surface area (Å²) >= 11 is 0. The summed E-state index contributed by atoms with van der Waals surface area (Å²) in [5.41, 5.74) is 0. The number of guanidine groups is 1. The maximum atomic E-state index is 11.7. The normalized spacial score (nSPS) is 31.7. The fourth-order valence-corrected chi connectivity index (χ4v) is 6.91. The van der Waals surface area contributed by atoms with Crippen molar-refractivity contribution in [2.45, 2.75) is 57.8 Å². The molecule has 0 bridgehead atoms. The first-order chi connectivity index (χ1) is 12.6. The van der Waals surface area contributed by atoms with Gasteiger partial charge in [0.2, 0.25) is 0 Å². The van der Waals surface area contributed by atoms with Crippen molar-refractivity contribution < 1.29 is 8.42 Å². The van der Waals surface area contributed by atoms with Crippen LogP contribution in [0.2, 0.25) is 0 Å². The monoisotopic (exact) mass is 509 g/mol. The Morgan fingerprint density at radius 1 is 0.963 bits per heavy atom. The van der Waals surface area contributed by atoms with Gasteiger partial charge < -0.3 is 10.2 Å². The highest BCUT2D eigenvalue weighted by atomic mass is 127. The van der Waals surface area contributed by atoms with Gasteiger partial charge in [-0.15, -0.1) is 24.0 Å². The van der Waals surface area contributed by atoms with Gasteiger partial charge in [-0.05, 0) is 62.2 Å². The summed E-state index contributed by atoms with van der Waals surface area (Å²) < 4.78 is 23.4. The second-order valence-electron chi connectivity index (χ2n) is 9.15. The van der Waals surface area contributed by atoms with E-state index in [0.29, 0.717) is 18.1 Å². The molecule has 4 fully saturated rings. The summed E-state index contributed by atoms with van der Waals surface area (Å²) in [6, 6.07) is 0. The summed E-state index contributed by atoms with van der Waals surface area (Å²) in [5.74, 6) is 4.55. The molecule has 0 aromatic rings. The zero-order chi connectivity index (χ0) is 18.0. The van der Waals surface area contributed by atoms with Crippen LogP contribution < -0.4 is 5.32 Å². The molecule has 27 heavy (non-hydrogen) atoms. The standard InChI is InChI=1S/C20H35N3O2S.HI/c24-26(25)11-9-17(15-26)13-22-20(21-12-16-4-2-1-3-5-16)23-10-8-19(14-23)18-6-7-18;/h16-19H,1-15H2,(H,21,22);1H. The summed E-state index contributed by atoms with van der Waals surface area (Å²) in [4.78, 5) is 7.37. The predicted octanol–water partition coefficient (Wildman–Crippen LogP) is 3.30. The summed E-state index contributed by atoms with van der Waals surface area (Å²) in [6.45, 7) is 3.95. The SMILES string of the molecule is I.O=S1(=O)CCC(CN=C(NCC2CCCCC2)N2CCC(C3CC3)C2)C1. The summed E-state index contributed by atoms with van der Waals surface area (Å²) in [6.07, 6.45) is 11.7. The van der Waals surface area contributed by atoms with Gasteiger partial charge in [-0.2, -0.15) is 0 Å². The highest BCUT2D eigenvalue weighted by Crippen LogP contribution is 2.41. The Labute approximate surface area is 182 Å². The Hall–Kier alpha value is -0.0500. The smallest absolute Gasteiger partial charge is 0.193 e. The van der Waals surface area contributed by atoms with E-state index in [-0.39, 0.29) is 29.9 Å². The van der Waals surface area contributed by atoms with Gasteiger partial charge in [0.05, 0.1) is 11.5 Å². The molecule has 156 valence electrons. The number of hydrogen-bond acceptors (Lipinski definition) is 3. The first-order valence-corrected chi connectivity index (χ1v) is 12.6. The van der Waals surface area contributed by atoms with E-state index in [0.717, 1.165) is 49.8 Å². The predicted molar refractivity (Wildman–Crippen MR) is 121 cm³/mol. The van der Waals surface area contributed by atoms with Crippen molar-refractivity contribution in [3.63, 3.8) is 0 Å². The Bertz CT molecular complexity index is 615. The molecule has 5 nitrogen and oxygen atoms in total. The Morgan fingerprint density at radius 2 is 1.74 bits per heavy atom. The topological polar surface area (TPSA) is 61.8 Å². The molecular formula is C20H36IN3O2S. The second-order valence-corrected chi connectivity index (χ2v) is 11.4. The van der Waals surface area contributed by atoms with E-state index >= 15 is 0 Å². The van der Waals surface area contributed by atoms with Gasteiger partial charge in [-0.3, -0.25) is 4.99 Å². The Kier molecular flexibility index (Phi) is 7.73. The molecular weight excluding hydrogens is 473 g/mol. The maximum Gasteiger partial charge on any atom is 0.193 e. The highest BCUT2D eigenvalue weighted by Gasteiger charge is 2.37. The average molecular weight is 509 g/mol. The Balaban J connectivity index is 0.00000210. The Morgan fingerprint density at radius 3 is 2.41 bits per heavy atom. The molecule has 4 rings (SSSR count). The number of likely N-dealkylation sites (tertiary alicyclic amines) is 1. The molecule has 7 heteroatoms. The molecule has 2 atom stereocenters. The van der Waals surface area contributed by atoms with Crippen LogP contribution in [0.25, 0.3) is 0 Å². The number of nitrogens with one attached hydrogen (secondary N) is 1. The van der Waals surface area contributed by atoms with Crippen molar-refractivity contribution in [1.82, 2.24) is 10.2 Å². The third kappa shape index (κ3) is 6.21. The van der Waals surface area contributed by atoms with Crippen LogP contribution in [0, 0.1) is 23.7 Å². The lowest BCUT2D eigenvalue weighted by molar-refractivity contribution is 0.348. The quantitative estimate of drug-likeness (QED) is 0.351. The number of sulfone groups is 1. The van der Waals surface area contributed by atoms with E-state index in [1.54, 1.807) is 0 Å². The molecule has 1 N–H and O–H groups in total. The van der Waals surface area contributed by atoms with E-state index in [1.807, 2.05) is 0 Å². The summed E-state index contributed by atoms with van der Waals surface area (Å²) in [5, 5.41) is 3.68. The highest BCUT2D eigenvalue weighted by molar-refractivity contribution is 14.0. The van der Waals surface area contributed by atoms with Crippen LogP contribution >= 0.6 is 24.0 Å². The molecule has 0 radical (unpaired) electrons. The minimum Gasteiger partial charge on any atom is -0.356 e. The van der Waals surface area contributed by atoms with E-state index in [2.05, 4.69) is 10.2 Å². The van der Waals surface area contributed by atoms with Crippen LogP contribution in [0.4, 0.5) is 0 Å². The van der Waals surface area contributed by atoms with Crippen LogP contribution in [0.15, 0.2) is 4.99 Å². The lowest BCUT2D eigenvalue weighted by Crippen LogP contribution is -2.42. The first-order valence-electron chi connectivity index (χ1n) is 10.8. The number of nitrogens with zero attached hydrogens (tertiary/aromatic N) is 2. The lowest BCUT2D eigenvalue weighted by atomic mass is 9.89. The van der Waals surface area contributed by atoms with Crippen LogP contribution in [0.1, 0.15) is 57.8 Å². The van der Waals surface area contributed by atoms with Crippen molar-refractivity contribution in [2.24, 2.45) is 28.7 Å². The molecule has 2 saturated heterocycles. The van der Waals surface area contributed by atoms with Gasteiger partial charge in [0, 0.05) is 26.2 Å². The maximum absolute atomic E-state index is 11.7. The van der Waals surface area contributed by atoms with Gasteiger partial charge in [0.15, 0.2) is 15.8 Å². The third-order valence-corrected chi connectivity index (χ3v) is 8.75. The minimum atomic E-state index is -2.81. The third-order valence-electron chi connectivity index (χ3n) is 6.91. The molecule has 0 aromatic carbocycles. The van der Waals surface area contributed by atoms with Gasteiger partial charge >= 0.3 is 0 Å². The number of hydrogen-bond donors (Lipinski definition) is 1.